The third kappa shape index (κ3) is 3.60. The average Bonchev–Trinajstić information content (AvgIpc) is 2.24. The summed E-state index contributed by atoms with van der Waals surface area (Å²) in [6, 6.07) is 0. The molecule has 19 heavy (non-hydrogen) atoms. The molecule has 1 aliphatic heterocycles. The largest absolute Gasteiger partial charge is 0.411 e. The number of ether oxygens (including phenoxy) is 2. The van der Waals surface area contributed by atoms with Crippen LogP contribution in [0.1, 0.15) is 41.5 Å². The Hall–Kier alpha value is 0.0969. The molecule has 1 saturated heterocycles. The van der Waals surface area contributed by atoms with Crippen molar-refractivity contribution in [2.75, 3.05) is 7.11 Å². The first-order valence-electron chi connectivity index (χ1n) is 7.37. The van der Waals surface area contributed by atoms with Crippen molar-refractivity contribution in [3.63, 3.8) is 0 Å². The van der Waals surface area contributed by atoms with Gasteiger partial charge in [0.05, 0.1) is 18.3 Å². The molecule has 114 valence electrons. The minimum Gasteiger partial charge on any atom is -0.411 e. The molecular formula is C15H32O3Si. The maximum absolute atomic E-state index is 6.63. The lowest BCUT2D eigenvalue weighted by molar-refractivity contribution is -0.189. The molecule has 1 aliphatic rings. The van der Waals surface area contributed by atoms with E-state index in [4.69, 9.17) is 13.9 Å². The van der Waals surface area contributed by atoms with Crippen molar-refractivity contribution in [2.45, 2.75) is 84.1 Å². The summed E-state index contributed by atoms with van der Waals surface area (Å²) < 4.78 is 18.2. The molecule has 0 spiro atoms. The summed E-state index contributed by atoms with van der Waals surface area (Å²) in [6.45, 7) is 17.9. The molecule has 0 aliphatic carbocycles. The zero-order chi connectivity index (χ0) is 15.0. The van der Waals surface area contributed by atoms with E-state index < -0.39 is 8.32 Å². The van der Waals surface area contributed by atoms with Crippen molar-refractivity contribution in [1.29, 1.82) is 0 Å². The lowest BCUT2D eigenvalue weighted by Gasteiger charge is -2.48. The van der Waals surface area contributed by atoms with Gasteiger partial charge in [-0.3, -0.25) is 0 Å². The maximum Gasteiger partial charge on any atom is 0.192 e. The van der Waals surface area contributed by atoms with Crippen LogP contribution in [0.15, 0.2) is 0 Å². The Morgan fingerprint density at radius 1 is 0.947 bits per heavy atom. The third-order valence-corrected chi connectivity index (χ3v) is 9.46. The summed E-state index contributed by atoms with van der Waals surface area (Å²) in [5, 5.41) is 0.218. The van der Waals surface area contributed by atoms with E-state index in [1.807, 2.05) is 0 Å². The Balaban J connectivity index is 2.94. The van der Waals surface area contributed by atoms with Crippen LogP contribution >= 0.6 is 0 Å². The number of hydrogen-bond acceptors (Lipinski definition) is 3. The summed E-state index contributed by atoms with van der Waals surface area (Å²) in [7, 11) is -0.0278. The van der Waals surface area contributed by atoms with E-state index in [-0.39, 0.29) is 29.5 Å². The second-order valence-corrected chi connectivity index (χ2v) is 12.2. The highest BCUT2D eigenvalue weighted by molar-refractivity contribution is 6.74. The molecule has 0 aromatic heterocycles. The Labute approximate surface area is 120 Å². The normalized spacial score (nSPS) is 37.4. The Morgan fingerprint density at radius 3 is 1.89 bits per heavy atom. The van der Waals surface area contributed by atoms with E-state index >= 15 is 0 Å². The van der Waals surface area contributed by atoms with Gasteiger partial charge >= 0.3 is 0 Å². The highest BCUT2D eigenvalue weighted by atomic mass is 28.4. The fraction of sp³-hybridized carbons (Fsp3) is 1.00. The van der Waals surface area contributed by atoms with Crippen molar-refractivity contribution in [3.8, 4) is 0 Å². The standard InChI is InChI=1S/C15H32O3Si/c1-10-11(2)17-12(3)14(16-7)13(10)18-19(8,9)15(4,5)6/h10-14H,1-9H3/t10-,11?,12+,13+,14+/m0/s1. The van der Waals surface area contributed by atoms with Crippen molar-refractivity contribution >= 4 is 8.32 Å². The first kappa shape index (κ1) is 17.1. The van der Waals surface area contributed by atoms with Crippen LogP contribution in [0.5, 0.6) is 0 Å². The molecular weight excluding hydrogens is 256 g/mol. The van der Waals surface area contributed by atoms with Crippen molar-refractivity contribution in [3.05, 3.63) is 0 Å². The molecule has 0 aromatic rings. The maximum atomic E-state index is 6.63. The van der Waals surface area contributed by atoms with E-state index in [1.165, 1.54) is 0 Å². The van der Waals surface area contributed by atoms with Gasteiger partial charge in [-0.15, -0.1) is 0 Å². The summed E-state index contributed by atoms with van der Waals surface area (Å²) in [6.07, 6.45) is 0.465. The van der Waals surface area contributed by atoms with Gasteiger partial charge in [-0.1, -0.05) is 27.7 Å². The number of hydrogen-bond donors (Lipinski definition) is 0. The lowest BCUT2D eigenvalue weighted by Crippen LogP contribution is -2.58. The van der Waals surface area contributed by atoms with Crippen LogP contribution in [-0.2, 0) is 13.9 Å². The molecule has 0 amide bonds. The lowest BCUT2D eigenvalue weighted by atomic mass is 9.89. The van der Waals surface area contributed by atoms with Crippen LogP contribution in [0, 0.1) is 5.92 Å². The average molecular weight is 289 g/mol. The van der Waals surface area contributed by atoms with Gasteiger partial charge < -0.3 is 13.9 Å². The molecule has 0 N–H and O–H groups in total. The van der Waals surface area contributed by atoms with E-state index in [2.05, 4.69) is 54.6 Å². The zero-order valence-corrected chi connectivity index (χ0v) is 15.1. The molecule has 0 bridgehead atoms. The molecule has 3 nitrogen and oxygen atoms in total. The van der Waals surface area contributed by atoms with Gasteiger partial charge in [0, 0.05) is 13.0 Å². The molecule has 1 rings (SSSR count). The molecule has 1 fully saturated rings. The van der Waals surface area contributed by atoms with Crippen molar-refractivity contribution < 1.29 is 13.9 Å². The Kier molecular flexibility index (Phi) is 5.27. The zero-order valence-electron chi connectivity index (χ0n) is 14.1. The smallest absolute Gasteiger partial charge is 0.192 e. The predicted molar refractivity (Wildman–Crippen MR) is 82.0 cm³/mol. The van der Waals surface area contributed by atoms with Gasteiger partial charge in [0.1, 0.15) is 6.10 Å². The van der Waals surface area contributed by atoms with Gasteiger partial charge in [0.15, 0.2) is 8.32 Å². The van der Waals surface area contributed by atoms with Gasteiger partial charge in [0.2, 0.25) is 0 Å². The topological polar surface area (TPSA) is 27.7 Å². The Morgan fingerprint density at radius 2 is 1.47 bits per heavy atom. The summed E-state index contributed by atoms with van der Waals surface area (Å²) in [5.41, 5.74) is 0. The van der Waals surface area contributed by atoms with Crippen LogP contribution < -0.4 is 0 Å². The van der Waals surface area contributed by atoms with Crippen LogP contribution in [0.25, 0.3) is 0 Å². The van der Waals surface area contributed by atoms with Crippen molar-refractivity contribution in [1.82, 2.24) is 0 Å². The Bertz CT molecular complexity index is 298. The molecule has 0 aromatic carbocycles. The van der Waals surface area contributed by atoms with Crippen LogP contribution in [0.3, 0.4) is 0 Å². The summed E-state index contributed by atoms with van der Waals surface area (Å²) >= 11 is 0. The third-order valence-electron chi connectivity index (χ3n) is 4.98. The first-order valence-corrected chi connectivity index (χ1v) is 10.3. The van der Waals surface area contributed by atoms with Crippen LogP contribution in [0.4, 0.5) is 0 Å². The summed E-state index contributed by atoms with van der Waals surface area (Å²) in [5.74, 6) is 0.357. The monoisotopic (exact) mass is 288 g/mol. The molecule has 4 heteroatoms. The highest BCUT2D eigenvalue weighted by Crippen LogP contribution is 2.40. The number of rotatable bonds is 3. The number of methoxy groups -OCH3 is 1. The second-order valence-electron chi connectivity index (χ2n) is 7.45. The fourth-order valence-corrected chi connectivity index (χ4v) is 3.77. The molecule has 0 radical (unpaired) electrons. The molecule has 0 saturated carbocycles. The van der Waals surface area contributed by atoms with Crippen LogP contribution in [0.2, 0.25) is 18.1 Å². The van der Waals surface area contributed by atoms with E-state index in [0.29, 0.717) is 5.92 Å². The van der Waals surface area contributed by atoms with Gasteiger partial charge in [-0.05, 0) is 32.0 Å². The van der Waals surface area contributed by atoms with Gasteiger partial charge in [-0.2, -0.15) is 0 Å². The minimum absolute atomic E-state index is 0.0281. The van der Waals surface area contributed by atoms with E-state index in [1.54, 1.807) is 7.11 Å². The molecule has 1 unspecified atom stereocenters. The second kappa shape index (κ2) is 5.84. The first-order chi connectivity index (χ1) is 8.51. The molecule has 5 atom stereocenters. The fourth-order valence-electron chi connectivity index (χ4n) is 2.39. The van der Waals surface area contributed by atoms with Gasteiger partial charge in [-0.25, -0.2) is 0 Å². The SMILES string of the molecule is CO[C@H]1[C@H](O[Si](C)(C)C(C)(C)C)[C@@H](C)C(C)O[C@@H]1C. The van der Waals surface area contributed by atoms with E-state index in [9.17, 15) is 0 Å². The van der Waals surface area contributed by atoms with E-state index in [0.717, 1.165) is 0 Å². The minimum atomic E-state index is -1.79. The predicted octanol–water partition coefficient (Wildman–Crippen LogP) is 3.84. The quantitative estimate of drug-likeness (QED) is 0.739. The molecule has 1 heterocycles. The van der Waals surface area contributed by atoms with Gasteiger partial charge in [0.25, 0.3) is 0 Å². The van der Waals surface area contributed by atoms with Crippen LogP contribution in [-0.4, -0.2) is 39.8 Å². The summed E-state index contributed by atoms with van der Waals surface area (Å²) in [4.78, 5) is 0. The van der Waals surface area contributed by atoms with Crippen molar-refractivity contribution in [2.24, 2.45) is 5.92 Å². The highest BCUT2D eigenvalue weighted by Gasteiger charge is 2.47.